The van der Waals surface area contributed by atoms with Gasteiger partial charge < -0.3 is 9.84 Å². The number of rotatable bonds is 3. The summed E-state index contributed by atoms with van der Waals surface area (Å²) in [5.41, 5.74) is -0.446. The predicted octanol–water partition coefficient (Wildman–Crippen LogP) is 0.775. The van der Waals surface area contributed by atoms with Crippen molar-refractivity contribution in [3.63, 3.8) is 0 Å². The molecule has 2 amide bonds. The monoisotopic (exact) mass is 255 g/mol. The van der Waals surface area contributed by atoms with Crippen molar-refractivity contribution >= 4 is 17.8 Å². The Bertz CT molecular complexity index is 424. The second-order valence-electron chi connectivity index (χ2n) is 4.59. The molecule has 0 aliphatic carbocycles. The third kappa shape index (κ3) is 2.37. The first-order valence-electron chi connectivity index (χ1n) is 5.66. The molecule has 1 heterocycles. The Hall–Kier alpha value is -1.85. The van der Waals surface area contributed by atoms with Gasteiger partial charge in [-0.1, -0.05) is 13.8 Å². The highest BCUT2D eigenvalue weighted by Gasteiger charge is 2.45. The van der Waals surface area contributed by atoms with Crippen molar-refractivity contribution in [3.8, 4) is 0 Å². The fraction of sp³-hybridized carbons (Fsp3) is 0.583. The molecule has 0 bridgehead atoms. The number of aliphatic hydroxyl groups is 1. The molecule has 0 saturated carbocycles. The van der Waals surface area contributed by atoms with Crippen molar-refractivity contribution in [1.29, 1.82) is 0 Å². The zero-order valence-electron chi connectivity index (χ0n) is 10.9. The minimum atomic E-state index is -0.921. The predicted molar refractivity (Wildman–Crippen MR) is 62.4 cm³/mol. The van der Waals surface area contributed by atoms with Crippen molar-refractivity contribution in [2.75, 3.05) is 7.11 Å². The maximum absolute atomic E-state index is 11.9. The molecule has 1 atom stereocenters. The van der Waals surface area contributed by atoms with Gasteiger partial charge in [-0.2, -0.15) is 0 Å². The molecule has 0 unspecified atom stereocenters. The summed E-state index contributed by atoms with van der Waals surface area (Å²) in [6.07, 6.45) is 0.400. The van der Waals surface area contributed by atoms with Crippen LogP contribution in [0.25, 0.3) is 0 Å². The SMILES string of the molecule is COC(=O)C1=C(O)[C@H](CC(C)C)N(C(C)=O)C1=O. The molecule has 6 nitrogen and oxygen atoms in total. The molecular weight excluding hydrogens is 238 g/mol. The number of esters is 1. The third-order valence-electron chi connectivity index (χ3n) is 2.74. The van der Waals surface area contributed by atoms with E-state index in [9.17, 15) is 19.5 Å². The summed E-state index contributed by atoms with van der Waals surface area (Å²) in [4.78, 5) is 35.7. The van der Waals surface area contributed by atoms with Crippen molar-refractivity contribution in [2.24, 2.45) is 5.92 Å². The lowest BCUT2D eigenvalue weighted by atomic mass is 10.0. The minimum Gasteiger partial charge on any atom is -0.509 e. The molecule has 1 rings (SSSR count). The Morgan fingerprint density at radius 2 is 2.00 bits per heavy atom. The Morgan fingerprint density at radius 3 is 2.39 bits per heavy atom. The molecule has 100 valence electrons. The highest BCUT2D eigenvalue weighted by atomic mass is 16.5. The Morgan fingerprint density at radius 1 is 1.44 bits per heavy atom. The van der Waals surface area contributed by atoms with Crippen molar-refractivity contribution < 1.29 is 24.2 Å². The van der Waals surface area contributed by atoms with Crippen molar-refractivity contribution in [1.82, 2.24) is 4.90 Å². The second-order valence-corrected chi connectivity index (χ2v) is 4.59. The summed E-state index contributed by atoms with van der Waals surface area (Å²) in [7, 11) is 1.11. The third-order valence-corrected chi connectivity index (χ3v) is 2.74. The van der Waals surface area contributed by atoms with Crippen LogP contribution in [0.1, 0.15) is 27.2 Å². The van der Waals surface area contributed by atoms with Gasteiger partial charge in [0.25, 0.3) is 5.91 Å². The molecule has 1 N–H and O–H groups in total. The van der Waals surface area contributed by atoms with Crippen LogP contribution in [0.5, 0.6) is 0 Å². The zero-order chi connectivity index (χ0) is 14.0. The number of hydrogen-bond acceptors (Lipinski definition) is 5. The van der Waals surface area contributed by atoms with Crippen LogP contribution >= 0.6 is 0 Å². The average Bonchev–Trinajstić information content (AvgIpc) is 2.49. The lowest BCUT2D eigenvalue weighted by Gasteiger charge is -2.23. The molecule has 0 saturated heterocycles. The quantitative estimate of drug-likeness (QED) is 0.595. The van der Waals surface area contributed by atoms with E-state index in [4.69, 9.17) is 0 Å². The lowest BCUT2D eigenvalue weighted by Crippen LogP contribution is -2.40. The van der Waals surface area contributed by atoms with E-state index in [1.54, 1.807) is 0 Å². The van der Waals surface area contributed by atoms with Crippen LogP contribution in [0.3, 0.4) is 0 Å². The van der Waals surface area contributed by atoms with E-state index in [1.807, 2.05) is 13.8 Å². The van der Waals surface area contributed by atoms with E-state index >= 15 is 0 Å². The van der Waals surface area contributed by atoms with Gasteiger partial charge >= 0.3 is 5.97 Å². The van der Waals surface area contributed by atoms with Gasteiger partial charge in [-0.25, -0.2) is 4.79 Å². The molecule has 18 heavy (non-hydrogen) atoms. The summed E-state index contributed by atoms with van der Waals surface area (Å²) >= 11 is 0. The molecule has 0 aromatic carbocycles. The number of methoxy groups -OCH3 is 1. The number of ether oxygens (including phenoxy) is 1. The van der Waals surface area contributed by atoms with Gasteiger partial charge in [0, 0.05) is 6.92 Å². The number of imide groups is 1. The van der Waals surface area contributed by atoms with Crippen LogP contribution in [0.4, 0.5) is 0 Å². The summed E-state index contributed by atoms with van der Waals surface area (Å²) in [5, 5.41) is 9.95. The van der Waals surface area contributed by atoms with E-state index in [1.165, 1.54) is 6.92 Å². The van der Waals surface area contributed by atoms with Gasteiger partial charge in [-0.05, 0) is 12.3 Å². The molecular formula is C12H17NO5. The van der Waals surface area contributed by atoms with Crippen molar-refractivity contribution in [2.45, 2.75) is 33.2 Å². The summed E-state index contributed by atoms with van der Waals surface area (Å²) in [6, 6.07) is -0.774. The molecule has 0 fully saturated rings. The number of carbonyl (C=O) groups excluding carboxylic acids is 3. The average molecular weight is 255 g/mol. The normalized spacial score (nSPS) is 19.7. The van der Waals surface area contributed by atoms with Gasteiger partial charge in [0.1, 0.15) is 5.76 Å². The Balaban J connectivity index is 3.19. The number of aliphatic hydroxyl groups excluding tert-OH is 1. The lowest BCUT2D eigenvalue weighted by molar-refractivity contribution is -0.144. The van der Waals surface area contributed by atoms with Crippen LogP contribution < -0.4 is 0 Å². The Labute approximate surface area is 105 Å². The van der Waals surface area contributed by atoms with E-state index in [2.05, 4.69) is 4.74 Å². The van der Waals surface area contributed by atoms with E-state index in [0.717, 1.165) is 12.0 Å². The second kappa shape index (κ2) is 5.20. The van der Waals surface area contributed by atoms with E-state index in [-0.39, 0.29) is 11.7 Å². The summed E-state index contributed by atoms with van der Waals surface area (Å²) < 4.78 is 4.44. The van der Waals surface area contributed by atoms with Crippen LogP contribution in [-0.4, -0.2) is 40.9 Å². The van der Waals surface area contributed by atoms with Crippen molar-refractivity contribution in [3.05, 3.63) is 11.3 Å². The highest BCUT2D eigenvalue weighted by Crippen LogP contribution is 2.29. The smallest absolute Gasteiger partial charge is 0.347 e. The first kappa shape index (κ1) is 14.2. The number of carbonyl (C=O) groups is 3. The van der Waals surface area contributed by atoms with Gasteiger partial charge in [0.05, 0.1) is 13.2 Å². The first-order valence-corrected chi connectivity index (χ1v) is 5.66. The van der Waals surface area contributed by atoms with Crippen LogP contribution in [0.15, 0.2) is 11.3 Å². The van der Waals surface area contributed by atoms with Crippen LogP contribution in [0, 0.1) is 5.92 Å². The van der Waals surface area contributed by atoms with Gasteiger partial charge in [-0.15, -0.1) is 0 Å². The maximum Gasteiger partial charge on any atom is 0.347 e. The fourth-order valence-electron chi connectivity index (χ4n) is 1.98. The maximum atomic E-state index is 11.9. The molecule has 0 spiro atoms. The molecule has 0 aromatic heterocycles. The summed E-state index contributed by atoms with van der Waals surface area (Å²) in [5.74, 6) is -2.44. The highest BCUT2D eigenvalue weighted by molar-refractivity contribution is 6.22. The molecule has 6 heteroatoms. The van der Waals surface area contributed by atoms with Gasteiger partial charge in [0.15, 0.2) is 5.57 Å². The molecule has 1 aliphatic heterocycles. The summed E-state index contributed by atoms with van der Waals surface area (Å²) in [6.45, 7) is 5.01. The minimum absolute atomic E-state index is 0.156. The first-order chi connectivity index (χ1) is 8.31. The number of nitrogens with zero attached hydrogens (tertiary/aromatic N) is 1. The molecule has 0 aromatic rings. The fourth-order valence-corrected chi connectivity index (χ4v) is 1.98. The van der Waals surface area contributed by atoms with Crippen LogP contribution in [0.2, 0.25) is 0 Å². The number of hydrogen-bond donors (Lipinski definition) is 1. The standard InChI is InChI=1S/C12H17NO5/c1-6(2)5-8-10(15)9(12(17)18-4)11(16)13(8)7(3)14/h6,8,15H,5H2,1-4H3/t8-/m0/s1. The Kier molecular flexibility index (Phi) is 4.11. The largest absolute Gasteiger partial charge is 0.509 e. The molecule has 1 aliphatic rings. The van der Waals surface area contributed by atoms with E-state index in [0.29, 0.717) is 6.42 Å². The van der Waals surface area contributed by atoms with Gasteiger partial charge in [0.2, 0.25) is 5.91 Å². The van der Waals surface area contributed by atoms with Crippen LogP contribution in [-0.2, 0) is 19.1 Å². The topological polar surface area (TPSA) is 83.9 Å². The van der Waals surface area contributed by atoms with Gasteiger partial charge in [-0.3, -0.25) is 14.5 Å². The van der Waals surface area contributed by atoms with E-state index < -0.39 is 29.4 Å². The molecule has 0 radical (unpaired) electrons. The number of amides is 2. The zero-order valence-corrected chi connectivity index (χ0v) is 10.9.